The Kier molecular flexibility index (Phi) is 4.51. The van der Waals surface area contributed by atoms with Crippen molar-refractivity contribution in [2.24, 2.45) is 0 Å². The zero-order valence-corrected chi connectivity index (χ0v) is 8.66. The second-order valence-corrected chi connectivity index (χ2v) is 3.50. The molecular formula is C9H16N2O4. The largest absolute Gasteiger partial charge is 0.480 e. The van der Waals surface area contributed by atoms with Gasteiger partial charge in [-0.2, -0.15) is 0 Å². The Morgan fingerprint density at radius 2 is 2.40 bits per heavy atom. The summed E-state index contributed by atoms with van der Waals surface area (Å²) in [7, 11) is 1.40. The fraction of sp³-hybridized carbons (Fsp3) is 0.778. The quantitative estimate of drug-likeness (QED) is 0.546. The van der Waals surface area contributed by atoms with Crippen molar-refractivity contribution in [2.45, 2.75) is 24.9 Å². The maximum Gasteiger partial charge on any atom is 0.328 e. The predicted octanol–water partition coefficient (Wildman–Crippen LogP) is -1.05. The molecule has 1 aliphatic heterocycles. The van der Waals surface area contributed by atoms with Gasteiger partial charge in [0.15, 0.2) is 6.04 Å². The van der Waals surface area contributed by atoms with E-state index < -0.39 is 12.0 Å². The Labute approximate surface area is 88.0 Å². The molecule has 0 aromatic heterocycles. The standard InChI is InChI=1S/C9H16N2O4/c1-15-5-7(9(13)14)11-8(12)6-3-2-4-10-6/h6-7,10H,2-5H2,1H3,(H,11,12)(H,13,14)/t6-,7?/m1/s1. The van der Waals surface area contributed by atoms with E-state index >= 15 is 0 Å². The summed E-state index contributed by atoms with van der Waals surface area (Å²) in [5, 5.41) is 14.2. The van der Waals surface area contributed by atoms with Gasteiger partial charge in [0.2, 0.25) is 5.91 Å². The van der Waals surface area contributed by atoms with Gasteiger partial charge in [0, 0.05) is 7.11 Å². The van der Waals surface area contributed by atoms with E-state index in [9.17, 15) is 9.59 Å². The van der Waals surface area contributed by atoms with Crippen molar-refractivity contribution in [2.75, 3.05) is 20.3 Å². The topological polar surface area (TPSA) is 87.7 Å². The maximum atomic E-state index is 11.5. The van der Waals surface area contributed by atoms with Crippen molar-refractivity contribution in [1.82, 2.24) is 10.6 Å². The number of carboxylic acid groups (broad SMARTS) is 1. The number of methoxy groups -OCH3 is 1. The van der Waals surface area contributed by atoms with Crippen LogP contribution < -0.4 is 10.6 Å². The van der Waals surface area contributed by atoms with Gasteiger partial charge in [-0.05, 0) is 19.4 Å². The van der Waals surface area contributed by atoms with Crippen LogP contribution in [0.15, 0.2) is 0 Å². The number of nitrogens with one attached hydrogen (secondary N) is 2. The molecule has 0 aromatic carbocycles. The molecule has 1 amide bonds. The minimum absolute atomic E-state index is 0.0200. The molecule has 6 heteroatoms. The SMILES string of the molecule is COCC(NC(=O)[C@H]1CCCN1)C(=O)O. The molecular weight excluding hydrogens is 200 g/mol. The van der Waals surface area contributed by atoms with Crippen LogP contribution in [-0.4, -0.2) is 49.3 Å². The number of aliphatic carboxylic acids is 1. The number of hydrogen-bond acceptors (Lipinski definition) is 4. The minimum Gasteiger partial charge on any atom is -0.480 e. The Bertz CT molecular complexity index is 238. The van der Waals surface area contributed by atoms with Gasteiger partial charge in [-0.1, -0.05) is 0 Å². The Balaban J connectivity index is 2.42. The van der Waals surface area contributed by atoms with Crippen molar-refractivity contribution in [3.63, 3.8) is 0 Å². The fourth-order valence-corrected chi connectivity index (χ4v) is 1.52. The third-order valence-electron chi connectivity index (χ3n) is 2.32. The molecule has 2 atom stereocenters. The highest BCUT2D eigenvalue weighted by atomic mass is 16.5. The molecule has 1 heterocycles. The van der Waals surface area contributed by atoms with Gasteiger partial charge in [0.1, 0.15) is 0 Å². The Morgan fingerprint density at radius 1 is 1.67 bits per heavy atom. The van der Waals surface area contributed by atoms with Gasteiger partial charge in [0.25, 0.3) is 0 Å². The monoisotopic (exact) mass is 216 g/mol. The molecule has 15 heavy (non-hydrogen) atoms. The Hall–Kier alpha value is -1.14. The smallest absolute Gasteiger partial charge is 0.328 e. The highest BCUT2D eigenvalue weighted by Crippen LogP contribution is 2.04. The van der Waals surface area contributed by atoms with Crippen LogP contribution in [0.4, 0.5) is 0 Å². The summed E-state index contributed by atoms with van der Waals surface area (Å²) < 4.78 is 4.71. The molecule has 0 radical (unpaired) electrons. The van der Waals surface area contributed by atoms with E-state index in [1.165, 1.54) is 7.11 Å². The first-order chi connectivity index (χ1) is 7.15. The third-order valence-corrected chi connectivity index (χ3v) is 2.32. The molecule has 0 spiro atoms. The number of hydrogen-bond donors (Lipinski definition) is 3. The summed E-state index contributed by atoms with van der Waals surface area (Å²) in [6, 6.07) is -1.23. The zero-order chi connectivity index (χ0) is 11.3. The first kappa shape index (κ1) is 11.9. The average molecular weight is 216 g/mol. The van der Waals surface area contributed by atoms with Crippen LogP contribution in [0.1, 0.15) is 12.8 Å². The van der Waals surface area contributed by atoms with E-state index in [1.807, 2.05) is 0 Å². The van der Waals surface area contributed by atoms with Gasteiger partial charge in [0.05, 0.1) is 12.6 Å². The lowest BCUT2D eigenvalue weighted by Gasteiger charge is -2.16. The molecule has 1 rings (SSSR count). The predicted molar refractivity (Wildman–Crippen MR) is 52.5 cm³/mol. The molecule has 1 unspecified atom stereocenters. The highest BCUT2D eigenvalue weighted by Gasteiger charge is 2.26. The molecule has 0 bridgehead atoms. The summed E-state index contributed by atoms with van der Waals surface area (Å²) in [5.74, 6) is -1.35. The van der Waals surface area contributed by atoms with Crippen molar-refractivity contribution in [3.8, 4) is 0 Å². The molecule has 1 aliphatic rings. The summed E-state index contributed by atoms with van der Waals surface area (Å²) >= 11 is 0. The lowest BCUT2D eigenvalue weighted by Crippen LogP contribution is -2.50. The van der Waals surface area contributed by atoms with Crippen LogP contribution >= 0.6 is 0 Å². The van der Waals surface area contributed by atoms with E-state index in [0.29, 0.717) is 0 Å². The number of carboxylic acids is 1. The van der Waals surface area contributed by atoms with E-state index in [0.717, 1.165) is 19.4 Å². The first-order valence-electron chi connectivity index (χ1n) is 4.90. The van der Waals surface area contributed by atoms with E-state index in [1.54, 1.807) is 0 Å². The van der Waals surface area contributed by atoms with Crippen molar-refractivity contribution >= 4 is 11.9 Å². The van der Waals surface area contributed by atoms with Gasteiger partial charge in [-0.3, -0.25) is 4.79 Å². The van der Waals surface area contributed by atoms with E-state index in [4.69, 9.17) is 9.84 Å². The Morgan fingerprint density at radius 3 is 2.87 bits per heavy atom. The first-order valence-corrected chi connectivity index (χ1v) is 4.90. The molecule has 1 saturated heterocycles. The summed E-state index contributed by atoms with van der Waals surface area (Å²) in [5.41, 5.74) is 0. The summed E-state index contributed by atoms with van der Waals surface area (Å²) in [4.78, 5) is 22.3. The van der Waals surface area contributed by atoms with Gasteiger partial charge < -0.3 is 20.5 Å². The number of amides is 1. The molecule has 0 saturated carbocycles. The van der Waals surface area contributed by atoms with Gasteiger partial charge >= 0.3 is 5.97 Å². The molecule has 3 N–H and O–H groups in total. The lowest BCUT2D eigenvalue weighted by molar-refractivity contribution is -0.143. The second-order valence-electron chi connectivity index (χ2n) is 3.50. The average Bonchev–Trinajstić information content (AvgIpc) is 2.69. The van der Waals surface area contributed by atoms with Crippen LogP contribution in [0.25, 0.3) is 0 Å². The minimum atomic E-state index is -1.08. The normalized spacial score (nSPS) is 22.3. The van der Waals surface area contributed by atoms with Crippen molar-refractivity contribution < 1.29 is 19.4 Å². The van der Waals surface area contributed by atoms with Crippen molar-refractivity contribution in [1.29, 1.82) is 0 Å². The number of rotatable bonds is 5. The summed E-state index contributed by atoms with van der Waals surface area (Å²) in [6.07, 6.45) is 1.70. The van der Waals surface area contributed by atoms with Crippen LogP contribution in [0.3, 0.4) is 0 Å². The molecule has 0 aromatic rings. The molecule has 6 nitrogen and oxygen atoms in total. The molecule has 86 valence electrons. The molecule has 0 aliphatic carbocycles. The fourth-order valence-electron chi connectivity index (χ4n) is 1.52. The van der Waals surface area contributed by atoms with E-state index in [-0.39, 0.29) is 18.6 Å². The van der Waals surface area contributed by atoms with E-state index in [2.05, 4.69) is 10.6 Å². The third kappa shape index (κ3) is 3.49. The lowest BCUT2D eigenvalue weighted by atomic mass is 10.2. The highest BCUT2D eigenvalue weighted by molar-refractivity contribution is 5.87. The van der Waals surface area contributed by atoms with Crippen molar-refractivity contribution in [3.05, 3.63) is 0 Å². The van der Waals surface area contributed by atoms with Gasteiger partial charge in [-0.15, -0.1) is 0 Å². The van der Waals surface area contributed by atoms with Crippen LogP contribution in [0.2, 0.25) is 0 Å². The number of carbonyl (C=O) groups excluding carboxylic acids is 1. The zero-order valence-electron chi connectivity index (χ0n) is 8.66. The van der Waals surface area contributed by atoms with Gasteiger partial charge in [-0.25, -0.2) is 4.79 Å². The van der Waals surface area contributed by atoms with Crippen LogP contribution in [0.5, 0.6) is 0 Å². The number of ether oxygens (including phenoxy) is 1. The summed E-state index contributed by atoms with van der Waals surface area (Å²) in [6.45, 7) is 0.786. The van der Waals surface area contributed by atoms with Crippen LogP contribution in [-0.2, 0) is 14.3 Å². The molecule has 1 fully saturated rings. The second kappa shape index (κ2) is 5.67. The van der Waals surface area contributed by atoms with Crippen LogP contribution in [0, 0.1) is 0 Å². The number of carbonyl (C=O) groups is 2. The maximum absolute atomic E-state index is 11.5.